The van der Waals surface area contributed by atoms with Crippen molar-refractivity contribution in [2.24, 2.45) is 5.92 Å². The molecule has 1 N–H and O–H groups in total. The van der Waals surface area contributed by atoms with Crippen molar-refractivity contribution in [2.75, 3.05) is 0 Å². The zero-order valence-corrected chi connectivity index (χ0v) is 12.9. The Balaban J connectivity index is 1.99. The molecule has 0 saturated carbocycles. The Morgan fingerprint density at radius 2 is 1.95 bits per heavy atom. The van der Waals surface area contributed by atoms with Gasteiger partial charge in [-0.25, -0.2) is 8.42 Å². The zero-order chi connectivity index (χ0) is 15.4. The molecule has 2 saturated heterocycles. The highest BCUT2D eigenvalue weighted by atomic mass is 32.2. The van der Waals surface area contributed by atoms with E-state index in [1.54, 1.807) is 18.2 Å². The minimum absolute atomic E-state index is 0.164. The van der Waals surface area contributed by atoms with Crippen LogP contribution in [0.3, 0.4) is 0 Å². The summed E-state index contributed by atoms with van der Waals surface area (Å²) in [5, 5.41) is 9.25. The van der Waals surface area contributed by atoms with Gasteiger partial charge in [-0.05, 0) is 56.4 Å². The maximum absolute atomic E-state index is 12.9. The first kappa shape index (κ1) is 14.5. The lowest BCUT2D eigenvalue weighted by Crippen LogP contribution is -2.37. The van der Waals surface area contributed by atoms with Gasteiger partial charge in [0.05, 0.1) is 10.8 Å². The fourth-order valence-electron chi connectivity index (χ4n) is 3.57. The van der Waals surface area contributed by atoms with E-state index in [4.69, 9.17) is 0 Å². The lowest BCUT2D eigenvalue weighted by atomic mass is 9.89. The summed E-state index contributed by atoms with van der Waals surface area (Å²) >= 11 is 0. The van der Waals surface area contributed by atoms with Gasteiger partial charge >= 0.3 is 5.97 Å². The van der Waals surface area contributed by atoms with Gasteiger partial charge in [0, 0.05) is 12.1 Å². The smallest absolute Gasteiger partial charge is 0.308 e. The van der Waals surface area contributed by atoms with Gasteiger partial charge in [0.25, 0.3) is 0 Å². The van der Waals surface area contributed by atoms with Crippen molar-refractivity contribution in [3.63, 3.8) is 0 Å². The largest absolute Gasteiger partial charge is 0.481 e. The van der Waals surface area contributed by atoms with E-state index in [1.807, 2.05) is 13.8 Å². The lowest BCUT2D eigenvalue weighted by molar-refractivity contribution is -0.142. The predicted octanol–water partition coefficient (Wildman–Crippen LogP) is 1.93. The van der Waals surface area contributed by atoms with Crippen molar-refractivity contribution in [1.29, 1.82) is 0 Å². The number of aliphatic carboxylic acids is 1. The van der Waals surface area contributed by atoms with E-state index in [-0.39, 0.29) is 17.0 Å². The summed E-state index contributed by atoms with van der Waals surface area (Å²) in [5.74, 6) is -1.45. The first-order valence-corrected chi connectivity index (χ1v) is 8.60. The molecular weight excluding hydrogens is 290 g/mol. The number of fused-ring (bicyclic) bond motifs is 2. The second-order valence-corrected chi connectivity index (χ2v) is 7.90. The molecule has 0 amide bonds. The number of carboxylic acid groups (broad SMARTS) is 1. The first-order valence-electron chi connectivity index (χ1n) is 7.16. The van der Waals surface area contributed by atoms with Gasteiger partial charge in [-0.2, -0.15) is 4.31 Å². The van der Waals surface area contributed by atoms with Crippen molar-refractivity contribution in [1.82, 2.24) is 4.31 Å². The maximum atomic E-state index is 12.9. The average molecular weight is 309 g/mol. The van der Waals surface area contributed by atoms with Crippen LogP contribution >= 0.6 is 0 Å². The Morgan fingerprint density at radius 1 is 1.24 bits per heavy atom. The van der Waals surface area contributed by atoms with Crippen LogP contribution in [0.15, 0.2) is 23.1 Å². The predicted molar refractivity (Wildman–Crippen MR) is 77.5 cm³/mol. The van der Waals surface area contributed by atoms with Crippen LogP contribution in [0.25, 0.3) is 0 Å². The number of carboxylic acids is 1. The molecule has 0 aliphatic carbocycles. The molecule has 21 heavy (non-hydrogen) atoms. The van der Waals surface area contributed by atoms with Gasteiger partial charge in [0.1, 0.15) is 0 Å². The number of nitrogens with zero attached hydrogens (tertiary/aromatic N) is 1. The molecule has 3 rings (SSSR count). The van der Waals surface area contributed by atoms with Crippen molar-refractivity contribution in [3.05, 3.63) is 29.3 Å². The van der Waals surface area contributed by atoms with Crippen LogP contribution in [-0.2, 0) is 14.8 Å². The van der Waals surface area contributed by atoms with Crippen molar-refractivity contribution >= 4 is 16.0 Å². The summed E-state index contributed by atoms with van der Waals surface area (Å²) < 4.78 is 27.2. The molecule has 2 heterocycles. The van der Waals surface area contributed by atoms with E-state index in [0.29, 0.717) is 12.8 Å². The molecule has 2 aliphatic rings. The standard InChI is InChI=1S/C15H19NO4S/c1-9-3-5-12(7-10(9)2)21(19,20)16-11-4-6-14(16)13(8-11)15(17)18/h3,5,7,11,13-14H,4,6,8H2,1-2H3,(H,17,18). The number of aryl methyl sites for hydroxylation is 2. The second-order valence-electron chi connectivity index (χ2n) is 6.06. The minimum Gasteiger partial charge on any atom is -0.481 e. The second kappa shape index (κ2) is 4.81. The molecule has 114 valence electrons. The quantitative estimate of drug-likeness (QED) is 0.926. The molecule has 6 heteroatoms. The normalized spacial score (nSPS) is 29.0. The third-order valence-corrected chi connectivity index (χ3v) is 6.82. The Bertz CT molecular complexity index is 698. The van der Waals surface area contributed by atoms with Crippen LogP contribution in [0.4, 0.5) is 0 Å². The van der Waals surface area contributed by atoms with Crippen molar-refractivity contribution < 1.29 is 18.3 Å². The number of hydrogen-bond donors (Lipinski definition) is 1. The fraction of sp³-hybridized carbons (Fsp3) is 0.533. The molecule has 0 aromatic heterocycles. The van der Waals surface area contributed by atoms with Crippen LogP contribution < -0.4 is 0 Å². The summed E-state index contributed by atoms with van der Waals surface area (Å²) in [7, 11) is -3.61. The number of hydrogen-bond acceptors (Lipinski definition) is 3. The highest BCUT2D eigenvalue weighted by Gasteiger charge is 2.54. The van der Waals surface area contributed by atoms with Gasteiger partial charge in [0.2, 0.25) is 10.0 Å². The first-order chi connectivity index (χ1) is 9.82. The SMILES string of the molecule is Cc1ccc(S(=O)(=O)N2C3CCC2C(C(=O)O)C3)cc1C. The molecule has 1 aromatic rings. The topological polar surface area (TPSA) is 74.7 Å². The summed E-state index contributed by atoms with van der Waals surface area (Å²) in [6, 6.07) is 4.54. The molecule has 3 unspecified atom stereocenters. The molecule has 2 bridgehead atoms. The summed E-state index contributed by atoms with van der Waals surface area (Å²) in [5.41, 5.74) is 1.97. The molecule has 1 aromatic carbocycles. The van der Waals surface area contributed by atoms with E-state index < -0.39 is 21.9 Å². The monoisotopic (exact) mass is 309 g/mol. The summed E-state index contributed by atoms with van der Waals surface area (Å²) in [4.78, 5) is 11.5. The third-order valence-electron chi connectivity index (χ3n) is 4.84. The van der Waals surface area contributed by atoms with E-state index in [2.05, 4.69) is 0 Å². The van der Waals surface area contributed by atoms with E-state index in [9.17, 15) is 18.3 Å². The Labute approximate surface area is 124 Å². The van der Waals surface area contributed by atoms with Crippen LogP contribution in [0.2, 0.25) is 0 Å². The summed E-state index contributed by atoms with van der Waals surface area (Å²) in [6.07, 6.45) is 1.84. The van der Waals surface area contributed by atoms with Crippen LogP contribution in [0.5, 0.6) is 0 Å². The van der Waals surface area contributed by atoms with Gasteiger partial charge in [-0.3, -0.25) is 4.79 Å². The minimum atomic E-state index is -3.61. The Kier molecular flexibility index (Phi) is 3.33. The van der Waals surface area contributed by atoms with Gasteiger partial charge in [-0.1, -0.05) is 6.07 Å². The van der Waals surface area contributed by atoms with Crippen LogP contribution in [0, 0.1) is 19.8 Å². The van der Waals surface area contributed by atoms with E-state index in [0.717, 1.165) is 17.5 Å². The number of carbonyl (C=O) groups is 1. The number of rotatable bonds is 3. The van der Waals surface area contributed by atoms with Gasteiger partial charge in [0.15, 0.2) is 0 Å². The van der Waals surface area contributed by atoms with Crippen LogP contribution in [-0.4, -0.2) is 35.9 Å². The van der Waals surface area contributed by atoms with E-state index in [1.165, 1.54) is 4.31 Å². The molecule has 0 spiro atoms. The summed E-state index contributed by atoms with van der Waals surface area (Å²) in [6.45, 7) is 3.82. The number of sulfonamides is 1. The molecule has 0 radical (unpaired) electrons. The van der Waals surface area contributed by atoms with E-state index >= 15 is 0 Å². The fourth-order valence-corrected chi connectivity index (χ4v) is 5.58. The van der Waals surface area contributed by atoms with Crippen molar-refractivity contribution in [3.8, 4) is 0 Å². The van der Waals surface area contributed by atoms with Gasteiger partial charge in [-0.15, -0.1) is 0 Å². The van der Waals surface area contributed by atoms with Gasteiger partial charge < -0.3 is 5.11 Å². The Hall–Kier alpha value is -1.40. The molecule has 3 atom stereocenters. The zero-order valence-electron chi connectivity index (χ0n) is 12.1. The third kappa shape index (κ3) is 2.17. The highest BCUT2D eigenvalue weighted by Crippen LogP contribution is 2.45. The number of benzene rings is 1. The molecular formula is C15H19NO4S. The highest BCUT2D eigenvalue weighted by molar-refractivity contribution is 7.89. The van der Waals surface area contributed by atoms with Crippen molar-refractivity contribution in [2.45, 2.75) is 50.1 Å². The van der Waals surface area contributed by atoms with Crippen LogP contribution in [0.1, 0.15) is 30.4 Å². The lowest BCUT2D eigenvalue weighted by Gasteiger charge is -2.22. The average Bonchev–Trinajstić information content (AvgIpc) is 3.00. The Morgan fingerprint density at radius 3 is 2.52 bits per heavy atom. The molecule has 5 nitrogen and oxygen atoms in total. The maximum Gasteiger partial charge on any atom is 0.308 e. The molecule has 2 aliphatic heterocycles. The molecule has 2 fully saturated rings.